The van der Waals surface area contributed by atoms with Crippen LogP contribution >= 0.6 is 35.6 Å². The van der Waals surface area contributed by atoms with Gasteiger partial charge in [0.15, 0.2) is 5.96 Å². The van der Waals surface area contributed by atoms with E-state index in [1.54, 1.807) is 19.2 Å². The van der Waals surface area contributed by atoms with Crippen LogP contribution in [-0.4, -0.2) is 77.6 Å². The lowest BCUT2D eigenvalue weighted by molar-refractivity contribution is -0.122. The first-order valence-electron chi connectivity index (χ1n) is 10.2. The molecule has 4 rings (SSSR count). The SMILES string of the molecule is CN=C(NCc1nc(-c2cccc(Cl)c2)no1)N1CCN(CC(=O)NC2CC2)CC1.I. The summed E-state index contributed by atoms with van der Waals surface area (Å²) in [7, 11) is 1.75. The van der Waals surface area contributed by atoms with Crippen molar-refractivity contribution >= 4 is 47.4 Å². The van der Waals surface area contributed by atoms with Gasteiger partial charge in [0.1, 0.15) is 0 Å². The van der Waals surface area contributed by atoms with E-state index in [0.717, 1.165) is 50.5 Å². The van der Waals surface area contributed by atoms with Crippen LogP contribution in [0.25, 0.3) is 11.4 Å². The topological polar surface area (TPSA) is 98.9 Å². The molecule has 168 valence electrons. The van der Waals surface area contributed by atoms with Gasteiger partial charge in [-0.2, -0.15) is 4.98 Å². The first-order valence-corrected chi connectivity index (χ1v) is 10.5. The monoisotopic (exact) mass is 559 g/mol. The molecule has 31 heavy (non-hydrogen) atoms. The van der Waals surface area contributed by atoms with Gasteiger partial charge in [0, 0.05) is 49.9 Å². The minimum absolute atomic E-state index is 0. The molecular weight excluding hydrogens is 533 g/mol. The summed E-state index contributed by atoms with van der Waals surface area (Å²) < 4.78 is 5.35. The van der Waals surface area contributed by atoms with Gasteiger partial charge in [0.2, 0.25) is 17.6 Å². The molecule has 0 radical (unpaired) electrons. The molecule has 9 nitrogen and oxygen atoms in total. The van der Waals surface area contributed by atoms with Crippen LogP contribution in [0.3, 0.4) is 0 Å². The van der Waals surface area contributed by atoms with E-state index in [0.29, 0.717) is 35.9 Å². The first kappa shape index (κ1) is 23.7. The molecule has 0 atom stereocenters. The van der Waals surface area contributed by atoms with E-state index in [2.05, 4.69) is 35.6 Å². The predicted molar refractivity (Wildman–Crippen MR) is 130 cm³/mol. The van der Waals surface area contributed by atoms with E-state index in [1.807, 2.05) is 12.1 Å². The van der Waals surface area contributed by atoms with Gasteiger partial charge in [-0.3, -0.25) is 14.7 Å². The highest BCUT2D eigenvalue weighted by Gasteiger charge is 2.26. The van der Waals surface area contributed by atoms with E-state index in [9.17, 15) is 4.79 Å². The number of guanidine groups is 1. The number of amides is 1. The second-order valence-corrected chi connectivity index (χ2v) is 7.96. The van der Waals surface area contributed by atoms with Gasteiger partial charge in [-0.25, -0.2) is 0 Å². The molecule has 2 aromatic rings. The largest absolute Gasteiger partial charge is 0.352 e. The number of halogens is 2. The molecule has 0 bridgehead atoms. The molecule has 0 spiro atoms. The van der Waals surface area contributed by atoms with Gasteiger partial charge in [-0.05, 0) is 25.0 Å². The van der Waals surface area contributed by atoms with Crippen LogP contribution in [0.2, 0.25) is 5.02 Å². The maximum atomic E-state index is 12.0. The van der Waals surface area contributed by atoms with Crippen molar-refractivity contribution in [3.8, 4) is 11.4 Å². The Morgan fingerprint density at radius 3 is 2.74 bits per heavy atom. The van der Waals surface area contributed by atoms with Gasteiger partial charge >= 0.3 is 0 Å². The number of hydrogen-bond donors (Lipinski definition) is 2. The lowest BCUT2D eigenvalue weighted by Crippen LogP contribution is -2.54. The quantitative estimate of drug-likeness (QED) is 0.317. The van der Waals surface area contributed by atoms with Crippen LogP contribution in [0, 0.1) is 0 Å². The first-order chi connectivity index (χ1) is 14.6. The van der Waals surface area contributed by atoms with Crippen molar-refractivity contribution in [3.63, 3.8) is 0 Å². The second kappa shape index (κ2) is 11.1. The fraction of sp³-hybridized carbons (Fsp3) is 0.500. The number of carbonyl (C=O) groups excluding carboxylic acids is 1. The Hall–Kier alpha value is -1.92. The number of piperazine rings is 1. The molecule has 0 unspecified atom stereocenters. The summed E-state index contributed by atoms with van der Waals surface area (Å²) in [6.07, 6.45) is 2.23. The fourth-order valence-corrected chi connectivity index (χ4v) is 3.57. The summed E-state index contributed by atoms with van der Waals surface area (Å²) in [6.45, 7) is 4.08. The van der Waals surface area contributed by atoms with Gasteiger partial charge in [0.25, 0.3) is 0 Å². The zero-order chi connectivity index (χ0) is 20.9. The lowest BCUT2D eigenvalue weighted by atomic mass is 10.2. The molecule has 2 heterocycles. The Balaban J connectivity index is 0.00000272. The number of rotatable bonds is 6. The molecular formula is C20H27ClIN7O2. The summed E-state index contributed by atoms with van der Waals surface area (Å²) in [5.74, 6) is 1.88. The van der Waals surface area contributed by atoms with Crippen LogP contribution in [0.1, 0.15) is 18.7 Å². The molecule has 1 saturated heterocycles. The van der Waals surface area contributed by atoms with Crippen LogP contribution in [0.15, 0.2) is 33.8 Å². The van der Waals surface area contributed by atoms with E-state index < -0.39 is 0 Å². The number of hydrogen-bond acceptors (Lipinski definition) is 6. The molecule has 1 aliphatic carbocycles. The van der Waals surface area contributed by atoms with Crippen molar-refractivity contribution in [1.82, 2.24) is 30.6 Å². The number of nitrogens with zero attached hydrogens (tertiary/aromatic N) is 5. The average molecular weight is 560 g/mol. The summed E-state index contributed by atoms with van der Waals surface area (Å²) >= 11 is 6.03. The smallest absolute Gasteiger partial charge is 0.246 e. The number of carbonyl (C=O) groups is 1. The summed E-state index contributed by atoms with van der Waals surface area (Å²) in [5.41, 5.74) is 0.809. The fourth-order valence-electron chi connectivity index (χ4n) is 3.38. The van der Waals surface area contributed by atoms with Crippen molar-refractivity contribution in [2.45, 2.75) is 25.4 Å². The molecule has 1 saturated carbocycles. The molecule has 2 fully saturated rings. The van der Waals surface area contributed by atoms with Crippen molar-refractivity contribution < 1.29 is 9.32 Å². The van der Waals surface area contributed by atoms with Crippen LogP contribution in [-0.2, 0) is 11.3 Å². The van der Waals surface area contributed by atoms with E-state index in [-0.39, 0.29) is 29.9 Å². The van der Waals surface area contributed by atoms with Crippen molar-refractivity contribution in [2.75, 3.05) is 39.8 Å². The zero-order valence-electron chi connectivity index (χ0n) is 17.4. The van der Waals surface area contributed by atoms with Crippen LogP contribution < -0.4 is 10.6 Å². The van der Waals surface area contributed by atoms with Crippen molar-refractivity contribution in [2.24, 2.45) is 4.99 Å². The van der Waals surface area contributed by atoms with Gasteiger partial charge in [-0.1, -0.05) is 28.9 Å². The molecule has 1 aromatic carbocycles. The zero-order valence-corrected chi connectivity index (χ0v) is 20.5. The maximum Gasteiger partial charge on any atom is 0.246 e. The number of aliphatic imine (C=N–C) groups is 1. The van der Waals surface area contributed by atoms with Crippen molar-refractivity contribution in [3.05, 3.63) is 35.2 Å². The highest BCUT2D eigenvalue weighted by Crippen LogP contribution is 2.20. The van der Waals surface area contributed by atoms with E-state index >= 15 is 0 Å². The van der Waals surface area contributed by atoms with E-state index in [4.69, 9.17) is 16.1 Å². The Bertz CT molecular complexity index is 910. The van der Waals surface area contributed by atoms with Gasteiger partial charge in [0.05, 0.1) is 13.1 Å². The number of nitrogens with one attached hydrogen (secondary N) is 2. The Morgan fingerprint density at radius 2 is 2.06 bits per heavy atom. The standard InChI is InChI=1S/C20H26ClN7O2.HI/c1-22-20(28-9-7-27(8-10-28)13-17(29)24-16-5-6-16)23-12-18-25-19(26-30-18)14-3-2-4-15(21)11-14;/h2-4,11,16H,5-10,12-13H2,1H3,(H,22,23)(H,24,29);1H. The third-order valence-electron chi connectivity index (χ3n) is 5.14. The Morgan fingerprint density at radius 1 is 1.29 bits per heavy atom. The maximum absolute atomic E-state index is 12.0. The Labute approximate surface area is 203 Å². The molecule has 1 aromatic heterocycles. The summed E-state index contributed by atoms with van der Waals surface area (Å²) in [4.78, 5) is 25.1. The van der Waals surface area contributed by atoms with Gasteiger partial charge < -0.3 is 20.1 Å². The highest BCUT2D eigenvalue weighted by atomic mass is 127. The summed E-state index contributed by atoms with van der Waals surface area (Å²) in [6, 6.07) is 7.75. The number of aromatic nitrogens is 2. The predicted octanol–water partition coefficient (Wildman–Crippen LogP) is 1.98. The van der Waals surface area contributed by atoms with Gasteiger partial charge in [-0.15, -0.1) is 24.0 Å². The highest BCUT2D eigenvalue weighted by molar-refractivity contribution is 14.0. The van der Waals surface area contributed by atoms with Crippen LogP contribution in [0.4, 0.5) is 0 Å². The molecule has 1 amide bonds. The number of benzene rings is 1. The average Bonchev–Trinajstić information content (AvgIpc) is 3.42. The molecule has 1 aliphatic heterocycles. The molecule has 2 aliphatic rings. The third-order valence-corrected chi connectivity index (χ3v) is 5.38. The minimum Gasteiger partial charge on any atom is -0.352 e. The second-order valence-electron chi connectivity index (χ2n) is 7.53. The van der Waals surface area contributed by atoms with E-state index in [1.165, 1.54) is 0 Å². The van der Waals surface area contributed by atoms with Crippen molar-refractivity contribution in [1.29, 1.82) is 0 Å². The lowest BCUT2D eigenvalue weighted by Gasteiger charge is -2.36. The third kappa shape index (κ3) is 6.78. The normalized spacial score (nSPS) is 17.2. The van der Waals surface area contributed by atoms with Crippen LogP contribution in [0.5, 0.6) is 0 Å². The molecule has 2 N–H and O–H groups in total. The minimum atomic E-state index is 0. The molecule has 11 heteroatoms. The summed E-state index contributed by atoms with van der Waals surface area (Å²) in [5, 5.41) is 11.0. The Kier molecular flexibility index (Phi) is 8.50.